The van der Waals surface area contributed by atoms with Crippen molar-refractivity contribution in [3.8, 4) is 5.75 Å². The number of hydrogen-bond acceptors (Lipinski definition) is 2. The quantitative estimate of drug-likeness (QED) is 0.326. The van der Waals surface area contributed by atoms with Gasteiger partial charge in [0.25, 0.3) is 0 Å². The molecular weight excluding hydrogens is 413 g/mol. The highest BCUT2D eigenvalue weighted by atomic mass is 35.5. The van der Waals surface area contributed by atoms with Crippen LogP contribution in [0.4, 0.5) is 0 Å². The Morgan fingerprint density at radius 2 is 1.53 bits per heavy atom. The van der Waals surface area contributed by atoms with Crippen LogP contribution in [0.3, 0.4) is 0 Å². The van der Waals surface area contributed by atoms with Gasteiger partial charge in [-0.2, -0.15) is 0 Å². The summed E-state index contributed by atoms with van der Waals surface area (Å²) in [5.41, 5.74) is 3.42. The van der Waals surface area contributed by atoms with Gasteiger partial charge in [0.1, 0.15) is 12.4 Å². The molecule has 0 amide bonds. The maximum Gasteiger partial charge on any atom is 0.124 e. The van der Waals surface area contributed by atoms with E-state index >= 15 is 0 Å². The summed E-state index contributed by atoms with van der Waals surface area (Å²) in [6.45, 7) is 3.35. The lowest BCUT2D eigenvalue weighted by molar-refractivity contribution is 0.302. The van der Waals surface area contributed by atoms with Crippen molar-refractivity contribution >= 4 is 34.8 Å². The molecule has 4 aromatic rings. The minimum absolute atomic E-state index is 0. The van der Waals surface area contributed by atoms with Gasteiger partial charge in [-0.1, -0.05) is 90.5 Å². The topological polar surface area (TPSA) is 21.3 Å². The molecule has 4 aromatic carbocycles. The largest absolute Gasteiger partial charge is 0.488 e. The van der Waals surface area contributed by atoms with E-state index in [1.54, 1.807) is 0 Å². The van der Waals surface area contributed by atoms with Crippen LogP contribution in [0.1, 0.15) is 29.7 Å². The van der Waals surface area contributed by atoms with Crippen molar-refractivity contribution in [1.82, 2.24) is 5.32 Å². The molecule has 0 aliphatic carbocycles. The van der Waals surface area contributed by atoms with Gasteiger partial charge in [-0.05, 0) is 35.4 Å². The lowest BCUT2D eigenvalue weighted by Gasteiger charge is -2.19. The van der Waals surface area contributed by atoms with Crippen molar-refractivity contribution < 1.29 is 4.74 Å². The van der Waals surface area contributed by atoms with Crippen LogP contribution in [-0.4, -0.2) is 0 Å². The van der Waals surface area contributed by atoms with Crippen LogP contribution in [-0.2, 0) is 13.2 Å². The molecule has 30 heavy (non-hydrogen) atoms. The maximum atomic E-state index is 6.30. The number of fused-ring (bicyclic) bond motifs is 1. The second-order valence-electron chi connectivity index (χ2n) is 7.16. The van der Waals surface area contributed by atoms with Gasteiger partial charge in [0.05, 0.1) is 0 Å². The molecule has 2 nitrogen and oxygen atoms in total. The third-order valence-electron chi connectivity index (χ3n) is 5.22. The monoisotopic (exact) mass is 437 g/mol. The normalized spacial score (nSPS) is 11.7. The zero-order chi connectivity index (χ0) is 20.1. The second-order valence-corrected chi connectivity index (χ2v) is 7.56. The molecule has 1 unspecified atom stereocenters. The smallest absolute Gasteiger partial charge is 0.124 e. The van der Waals surface area contributed by atoms with E-state index in [2.05, 4.69) is 72.9 Å². The Morgan fingerprint density at radius 3 is 2.33 bits per heavy atom. The fourth-order valence-electron chi connectivity index (χ4n) is 3.52. The number of hydrogen-bond donors (Lipinski definition) is 1. The van der Waals surface area contributed by atoms with Gasteiger partial charge in [-0.15, -0.1) is 12.4 Å². The molecular formula is C26H25Cl2NO. The summed E-state index contributed by atoms with van der Waals surface area (Å²) in [5.74, 6) is 0.886. The molecule has 0 fully saturated rings. The Kier molecular flexibility index (Phi) is 7.75. The predicted molar refractivity (Wildman–Crippen MR) is 129 cm³/mol. The van der Waals surface area contributed by atoms with Crippen molar-refractivity contribution in [1.29, 1.82) is 0 Å². The van der Waals surface area contributed by atoms with Crippen molar-refractivity contribution in [2.24, 2.45) is 0 Å². The van der Waals surface area contributed by atoms with Crippen molar-refractivity contribution in [2.45, 2.75) is 26.1 Å². The Balaban J connectivity index is 0.00000256. The van der Waals surface area contributed by atoms with Gasteiger partial charge >= 0.3 is 0 Å². The summed E-state index contributed by atoms with van der Waals surface area (Å²) in [6.07, 6.45) is 0. The minimum atomic E-state index is 0. The van der Waals surface area contributed by atoms with E-state index in [4.69, 9.17) is 16.3 Å². The van der Waals surface area contributed by atoms with Crippen LogP contribution in [0, 0.1) is 0 Å². The first-order valence-corrected chi connectivity index (χ1v) is 10.3. The molecule has 4 heteroatoms. The van der Waals surface area contributed by atoms with Crippen molar-refractivity contribution in [2.75, 3.05) is 0 Å². The van der Waals surface area contributed by atoms with E-state index in [0.29, 0.717) is 6.61 Å². The third-order valence-corrected chi connectivity index (χ3v) is 5.59. The van der Waals surface area contributed by atoms with E-state index in [1.807, 2.05) is 30.3 Å². The first-order valence-electron chi connectivity index (χ1n) is 9.87. The van der Waals surface area contributed by atoms with Gasteiger partial charge < -0.3 is 10.1 Å². The van der Waals surface area contributed by atoms with Crippen LogP contribution in [0.5, 0.6) is 5.75 Å². The summed E-state index contributed by atoms with van der Waals surface area (Å²) >= 11 is 6.30. The van der Waals surface area contributed by atoms with E-state index in [9.17, 15) is 0 Å². The lowest BCUT2D eigenvalue weighted by atomic mass is 10.0. The van der Waals surface area contributed by atoms with Gasteiger partial charge in [-0.25, -0.2) is 0 Å². The van der Waals surface area contributed by atoms with Gasteiger partial charge in [0.2, 0.25) is 0 Å². The fraction of sp³-hybridized carbons (Fsp3) is 0.154. The number of benzene rings is 4. The maximum absolute atomic E-state index is 6.30. The Labute approximate surface area is 189 Å². The summed E-state index contributed by atoms with van der Waals surface area (Å²) < 4.78 is 6.23. The third kappa shape index (κ3) is 5.14. The molecule has 0 aliphatic heterocycles. The molecule has 0 aliphatic rings. The minimum Gasteiger partial charge on any atom is -0.488 e. The van der Waals surface area contributed by atoms with E-state index in [0.717, 1.165) is 28.4 Å². The fourth-order valence-corrected chi connectivity index (χ4v) is 3.71. The molecule has 1 N–H and O–H groups in total. The molecule has 4 rings (SSSR count). The summed E-state index contributed by atoms with van der Waals surface area (Å²) in [7, 11) is 0. The number of nitrogens with one attached hydrogen (secondary N) is 1. The summed E-state index contributed by atoms with van der Waals surface area (Å²) in [5, 5.41) is 6.79. The predicted octanol–water partition coefficient (Wildman–Crippen LogP) is 7.34. The van der Waals surface area contributed by atoms with E-state index in [-0.39, 0.29) is 18.4 Å². The molecule has 0 saturated carbocycles. The highest BCUT2D eigenvalue weighted by Gasteiger charge is 2.12. The molecule has 1 atom stereocenters. The van der Waals surface area contributed by atoms with Gasteiger partial charge in [-0.3, -0.25) is 0 Å². The van der Waals surface area contributed by atoms with Crippen LogP contribution in [0.2, 0.25) is 5.02 Å². The first kappa shape index (κ1) is 22.2. The average Bonchev–Trinajstić information content (AvgIpc) is 2.77. The second kappa shape index (κ2) is 10.5. The molecule has 0 saturated heterocycles. The molecule has 154 valence electrons. The number of rotatable bonds is 7. The standard InChI is InChI=1S/C26H24ClNO.ClH/c1-19(20-9-3-2-4-10-20)28-17-24-23-13-7-5-11-21(23)15-16-26(24)29-18-22-12-6-8-14-25(22)27;/h2-16,19,28H,17-18H2,1H3;1H. The van der Waals surface area contributed by atoms with Crippen LogP contribution in [0.15, 0.2) is 91.0 Å². The van der Waals surface area contributed by atoms with Crippen LogP contribution >= 0.6 is 24.0 Å². The Hall–Kier alpha value is -2.52. The highest BCUT2D eigenvalue weighted by Crippen LogP contribution is 2.30. The highest BCUT2D eigenvalue weighted by molar-refractivity contribution is 6.31. The molecule has 0 spiro atoms. The van der Waals surface area contributed by atoms with Gasteiger partial charge in [0, 0.05) is 28.7 Å². The molecule has 0 heterocycles. The van der Waals surface area contributed by atoms with Gasteiger partial charge in [0.15, 0.2) is 0 Å². The van der Waals surface area contributed by atoms with Crippen molar-refractivity contribution in [3.63, 3.8) is 0 Å². The summed E-state index contributed by atoms with van der Waals surface area (Å²) in [6, 6.07) is 31.1. The number of ether oxygens (including phenoxy) is 1. The van der Waals surface area contributed by atoms with E-state index < -0.39 is 0 Å². The molecule has 0 aromatic heterocycles. The summed E-state index contributed by atoms with van der Waals surface area (Å²) in [4.78, 5) is 0. The van der Waals surface area contributed by atoms with Crippen molar-refractivity contribution in [3.05, 3.63) is 113 Å². The molecule has 0 bridgehead atoms. The lowest BCUT2D eigenvalue weighted by Crippen LogP contribution is -2.18. The Morgan fingerprint density at radius 1 is 0.833 bits per heavy atom. The zero-order valence-electron chi connectivity index (χ0n) is 16.8. The first-order chi connectivity index (χ1) is 14.2. The molecule has 0 radical (unpaired) electrons. The van der Waals surface area contributed by atoms with E-state index in [1.165, 1.54) is 16.3 Å². The average molecular weight is 438 g/mol. The van der Waals surface area contributed by atoms with Crippen LogP contribution in [0.25, 0.3) is 10.8 Å². The number of halogens is 2. The SMILES string of the molecule is CC(NCc1c(OCc2ccccc2Cl)ccc2ccccc12)c1ccccc1.Cl. The Bertz CT molecular complexity index is 1100. The van der Waals surface area contributed by atoms with Crippen LogP contribution < -0.4 is 10.1 Å². The zero-order valence-corrected chi connectivity index (χ0v) is 18.4.